The summed E-state index contributed by atoms with van der Waals surface area (Å²) in [5.41, 5.74) is -0.370. The Kier molecular flexibility index (Phi) is 9.47. The molecule has 0 bridgehead atoms. The van der Waals surface area contributed by atoms with E-state index in [0.717, 1.165) is 17.8 Å². The highest BCUT2D eigenvalue weighted by Gasteiger charge is 2.41. The highest BCUT2D eigenvalue weighted by Crippen LogP contribution is 2.21. The summed E-state index contributed by atoms with van der Waals surface area (Å²) in [6.07, 6.45) is 0.968. The van der Waals surface area contributed by atoms with Gasteiger partial charge in [0, 0.05) is 24.6 Å². The lowest BCUT2D eigenvalue weighted by Crippen LogP contribution is -2.47. The minimum atomic E-state index is -2.54. The molecular formula is C9H20BrClO3Si. The van der Waals surface area contributed by atoms with Crippen LogP contribution in [0.2, 0.25) is 6.04 Å². The van der Waals surface area contributed by atoms with Gasteiger partial charge in [-0.2, -0.15) is 0 Å². The van der Waals surface area contributed by atoms with E-state index in [1.54, 1.807) is 6.92 Å². The zero-order chi connectivity index (χ0) is 11.7. The SMILES string of the molecule is CCO[Si](CCCBr)(OCC)OC(C)Cl. The smallest absolute Gasteiger partial charge is 0.374 e. The summed E-state index contributed by atoms with van der Waals surface area (Å²) in [6, 6.07) is 0.803. The van der Waals surface area contributed by atoms with Gasteiger partial charge in [0.2, 0.25) is 0 Å². The summed E-state index contributed by atoms with van der Waals surface area (Å²) in [5, 5.41) is 0.919. The second kappa shape index (κ2) is 8.96. The van der Waals surface area contributed by atoms with E-state index < -0.39 is 8.80 Å². The average Bonchev–Trinajstić information content (AvgIpc) is 2.14. The molecule has 0 aliphatic heterocycles. The van der Waals surface area contributed by atoms with Crippen LogP contribution in [-0.4, -0.2) is 32.9 Å². The van der Waals surface area contributed by atoms with Crippen LogP contribution in [0.3, 0.4) is 0 Å². The molecule has 0 saturated heterocycles. The third-order valence-electron chi connectivity index (χ3n) is 1.69. The molecule has 0 aliphatic carbocycles. The first-order valence-electron chi connectivity index (χ1n) is 5.26. The number of halogens is 2. The van der Waals surface area contributed by atoms with Crippen LogP contribution in [0.5, 0.6) is 0 Å². The summed E-state index contributed by atoms with van der Waals surface area (Å²) >= 11 is 9.25. The van der Waals surface area contributed by atoms with Crippen LogP contribution in [-0.2, 0) is 13.3 Å². The summed E-state index contributed by atoms with van der Waals surface area (Å²) in [4.78, 5) is 0. The quantitative estimate of drug-likeness (QED) is 0.481. The van der Waals surface area contributed by atoms with Gasteiger partial charge in [-0.1, -0.05) is 27.5 Å². The van der Waals surface area contributed by atoms with Crippen LogP contribution >= 0.6 is 27.5 Å². The van der Waals surface area contributed by atoms with Gasteiger partial charge in [-0.3, -0.25) is 0 Å². The first-order chi connectivity index (χ1) is 7.10. The van der Waals surface area contributed by atoms with Crippen molar-refractivity contribution < 1.29 is 13.3 Å². The van der Waals surface area contributed by atoms with E-state index in [4.69, 9.17) is 24.9 Å². The Morgan fingerprint density at radius 1 is 1.27 bits per heavy atom. The molecule has 0 fully saturated rings. The summed E-state index contributed by atoms with van der Waals surface area (Å²) < 4.78 is 17.0. The van der Waals surface area contributed by atoms with E-state index in [9.17, 15) is 0 Å². The van der Waals surface area contributed by atoms with E-state index in [1.807, 2.05) is 13.8 Å². The maximum Gasteiger partial charge on any atom is 0.502 e. The molecule has 0 N–H and O–H groups in total. The Morgan fingerprint density at radius 3 is 2.13 bits per heavy atom. The molecule has 0 radical (unpaired) electrons. The van der Waals surface area contributed by atoms with Crippen molar-refractivity contribution in [3.05, 3.63) is 0 Å². The third-order valence-corrected chi connectivity index (χ3v) is 5.62. The minimum Gasteiger partial charge on any atom is -0.374 e. The third kappa shape index (κ3) is 6.91. The van der Waals surface area contributed by atoms with Crippen molar-refractivity contribution in [2.75, 3.05) is 18.5 Å². The maximum absolute atomic E-state index is 5.85. The average molecular weight is 320 g/mol. The fourth-order valence-electron chi connectivity index (χ4n) is 1.28. The van der Waals surface area contributed by atoms with Gasteiger partial charge in [-0.15, -0.1) is 0 Å². The molecule has 1 atom stereocenters. The minimum absolute atomic E-state index is 0.370. The molecule has 0 saturated carbocycles. The first kappa shape index (κ1) is 15.9. The van der Waals surface area contributed by atoms with Crippen molar-refractivity contribution in [2.45, 2.75) is 38.8 Å². The van der Waals surface area contributed by atoms with Crippen molar-refractivity contribution in [1.82, 2.24) is 0 Å². The van der Waals surface area contributed by atoms with Crippen molar-refractivity contribution in [1.29, 1.82) is 0 Å². The lowest BCUT2D eigenvalue weighted by Gasteiger charge is -2.29. The van der Waals surface area contributed by atoms with E-state index in [0.29, 0.717) is 13.2 Å². The Bertz CT molecular complexity index is 154. The van der Waals surface area contributed by atoms with Gasteiger partial charge >= 0.3 is 8.80 Å². The Hall–Kier alpha value is 0.867. The van der Waals surface area contributed by atoms with E-state index in [1.165, 1.54) is 0 Å². The number of hydrogen-bond donors (Lipinski definition) is 0. The second-order valence-electron chi connectivity index (χ2n) is 3.00. The van der Waals surface area contributed by atoms with E-state index in [2.05, 4.69) is 15.9 Å². The fourth-order valence-corrected chi connectivity index (χ4v) is 5.10. The molecule has 0 spiro atoms. The second-order valence-corrected chi connectivity index (χ2v) is 7.09. The van der Waals surface area contributed by atoms with E-state index >= 15 is 0 Å². The molecule has 6 heteroatoms. The Labute approximate surface area is 107 Å². The molecule has 1 unspecified atom stereocenters. The molecule has 0 heterocycles. The number of alkyl halides is 2. The molecule has 3 nitrogen and oxygen atoms in total. The van der Waals surface area contributed by atoms with Crippen molar-refractivity contribution in [3.8, 4) is 0 Å². The van der Waals surface area contributed by atoms with Gasteiger partial charge < -0.3 is 13.3 Å². The maximum atomic E-state index is 5.85. The monoisotopic (exact) mass is 318 g/mol. The number of rotatable bonds is 9. The Balaban J connectivity index is 4.40. The van der Waals surface area contributed by atoms with Gasteiger partial charge in [0.05, 0.1) is 0 Å². The fraction of sp³-hybridized carbons (Fsp3) is 1.00. The van der Waals surface area contributed by atoms with Gasteiger partial charge in [-0.25, -0.2) is 0 Å². The molecule has 15 heavy (non-hydrogen) atoms. The van der Waals surface area contributed by atoms with Crippen molar-refractivity contribution >= 4 is 36.3 Å². The molecule has 0 aliphatic rings. The highest BCUT2D eigenvalue weighted by molar-refractivity contribution is 9.09. The van der Waals surface area contributed by atoms with Crippen LogP contribution in [0.25, 0.3) is 0 Å². The van der Waals surface area contributed by atoms with Gasteiger partial charge in [0.15, 0.2) is 0 Å². The van der Waals surface area contributed by atoms with Crippen LogP contribution < -0.4 is 0 Å². The highest BCUT2D eigenvalue weighted by atomic mass is 79.9. The summed E-state index contributed by atoms with van der Waals surface area (Å²) in [5.74, 6) is 0. The lowest BCUT2D eigenvalue weighted by atomic mass is 10.6. The van der Waals surface area contributed by atoms with Gasteiger partial charge in [-0.05, 0) is 27.2 Å². The molecule has 0 rings (SSSR count). The summed E-state index contributed by atoms with van der Waals surface area (Å²) in [6.45, 7) is 6.86. The number of hydrogen-bond acceptors (Lipinski definition) is 3. The molecule has 0 aromatic heterocycles. The zero-order valence-electron chi connectivity index (χ0n) is 9.59. The normalized spacial score (nSPS) is 14.2. The van der Waals surface area contributed by atoms with Crippen LogP contribution in [0, 0.1) is 0 Å². The van der Waals surface area contributed by atoms with Crippen LogP contribution in [0.15, 0.2) is 0 Å². The standard InChI is InChI=1S/C9H20BrClO3Si/c1-4-12-15(13-5-2,8-6-7-10)14-9(3)11/h9H,4-8H2,1-3H3. The largest absolute Gasteiger partial charge is 0.502 e. The molecule has 92 valence electrons. The molecule has 0 amide bonds. The predicted octanol–water partition coefficient (Wildman–Crippen LogP) is 3.38. The summed E-state index contributed by atoms with van der Waals surface area (Å²) in [7, 11) is -2.54. The molecule has 0 aromatic carbocycles. The van der Waals surface area contributed by atoms with Crippen molar-refractivity contribution in [2.24, 2.45) is 0 Å². The lowest BCUT2D eigenvalue weighted by molar-refractivity contribution is 0.0609. The zero-order valence-corrected chi connectivity index (χ0v) is 12.9. The molecule has 0 aromatic rings. The first-order valence-corrected chi connectivity index (χ1v) is 8.75. The predicted molar refractivity (Wildman–Crippen MR) is 68.6 cm³/mol. The molecular weight excluding hydrogens is 300 g/mol. The Morgan fingerprint density at radius 2 is 1.80 bits per heavy atom. The van der Waals surface area contributed by atoms with E-state index in [-0.39, 0.29) is 5.56 Å². The van der Waals surface area contributed by atoms with Crippen LogP contribution in [0.4, 0.5) is 0 Å². The van der Waals surface area contributed by atoms with Crippen molar-refractivity contribution in [3.63, 3.8) is 0 Å². The van der Waals surface area contributed by atoms with Crippen LogP contribution in [0.1, 0.15) is 27.2 Å². The van der Waals surface area contributed by atoms with Gasteiger partial charge in [0.1, 0.15) is 5.56 Å². The topological polar surface area (TPSA) is 27.7 Å². The van der Waals surface area contributed by atoms with Gasteiger partial charge in [0.25, 0.3) is 0 Å².